The predicted molar refractivity (Wildman–Crippen MR) is 186 cm³/mol. The molecule has 0 bridgehead atoms. The summed E-state index contributed by atoms with van der Waals surface area (Å²) in [5, 5.41) is 11.2. The van der Waals surface area contributed by atoms with E-state index in [0.29, 0.717) is 25.5 Å². The Hall–Kier alpha value is -4.30. The molecule has 1 atom stereocenters. The van der Waals surface area contributed by atoms with Crippen molar-refractivity contribution >= 4 is 28.6 Å². The van der Waals surface area contributed by atoms with Gasteiger partial charge in [0.1, 0.15) is 11.9 Å². The average Bonchev–Trinajstić information content (AvgIpc) is 3.27. The molecule has 0 aliphatic rings. The van der Waals surface area contributed by atoms with Crippen LogP contribution in [0.4, 0.5) is 0 Å². The molecule has 240 valence electrons. The van der Waals surface area contributed by atoms with Crippen molar-refractivity contribution in [1.82, 2.24) is 14.5 Å². The summed E-state index contributed by atoms with van der Waals surface area (Å²) >= 11 is 1.77. The fourth-order valence-electron chi connectivity index (χ4n) is 5.35. The Kier molecular flexibility index (Phi) is 9.77. The number of fused-ring (bicyclic) bond motifs is 1. The number of aliphatic carboxylic acids is 1. The Morgan fingerprint density at radius 2 is 1.74 bits per heavy atom. The number of rotatable bonds is 12. The van der Waals surface area contributed by atoms with Crippen LogP contribution in [0.3, 0.4) is 0 Å². The van der Waals surface area contributed by atoms with Crippen molar-refractivity contribution in [2.45, 2.75) is 77.2 Å². The van der Waals surface area contributed by atoms with Crippen LogP contribution in [0, 0.1) is 5.41 Å². The van der Waals surface area contributed by atoms with E-state index in [4.69, 9.17) is 9.47 Å². The van der Waals surface area contributed by atoms with Crippen LogP contribution in [0.25, 0.3) is 22.2 Å². The third-order valence-electron chi connectivity index (χ3n) is 7.71. The molecule has 0 amide bonds. The maximum absolute atomic E-state index is 12.4. The van der Waals surface area contributed by atoms with E-state index >= 15 is 0 Å². The molecule has 3 heterocycles. The van der Waals surface area contributed by atoms with Gasteiger partial charge in [0.05, 0.1) is 23.4 Å². The Labute approximate surface area is 276 Å². The first-order valence-corrected chi connectivity index (χ1v) is 16.5. The lowest BCUT2D eigenvalue weighted by Crippen LogP contribution is -2.28. The molecule has 3 aromatic heterocycles. The van der Waals surface area contributed by atoms with Crippen molar-refractivity contribution in [2.24, 2.45) is 5.41 Å². The predicted octanol–water partition coefficient (Wildman–Crippen LogP) is 9.23. The van der Waals surface area contributed by atoms with Gasteiger partial charge in [0.15, 0.2) is 0 Å². The van der Waals surface area contributed by atoms with Gasteiger partial charge in [-0.2, -0.15) is 0 Å². The molecule has 0 aliphatic carbocycles. The van der Waals surface area contributed by atoms with Gasteiger partial charge in [-0.25, -0.2) is 4.98 Å². The zero-order valence-electron chi connectivity index (χ0n) is 27.7. The first-order valence-electron chi connectivity index (χ1n) is 15.7. The zero-order chi connectivity index (χ0) is 33.1. The molecular formula is C38H43N3O4S. The van der Waals surface area contributed by atoms with Crippen LogP contribution >= 0.6 is 11.8 Å². The summed E-state index contributed by atoms with van der Waals surface area (Å²) in [7, 11) is 0. The second kappa shape index (κ2) is 13.6. The van der Waals surface area contributed by atoms with E-state index in [1.807, 2.05) is 56.3 Å². The van der Waals surface area contributed by atoms with Crippen molar-refractivity contribution in [3.8, 4) is 22.9 Å². The standard InChI is InChI=1S/C38H43N3O4S/c1-8-44-34-14-11-13-31(40-34)27-17-15-26(16-18-27)24-41-32-20-19-28(45-25(2)30-12-9-10-21-39-30)22-29(32)35(46-37(3,4)5)33(41)23-38(6,7)36(42)43/h9-22,25H,8,23-24H2,1-7H3,(H,42,43). The van der Waals surface area contributed by atoms with Gasteiger partial charge in [-0.05, 0) is 69.7 Å². The Bertz CT molecular complexity index is 1810. The number of thioether (sulfide) groups is 1. The van der Waals surface area contributed by atoms with Crippen molar-refractivity contribution in [1.29, 1.82) is 0 Å². The quantitative estimate of drug-likeness (QED) is 0.137. The van der Waals surface area contributed by atoms with E-state index in [0.717, 1.165) is 49.8 Å². The first-order chi connectivity index (χ1) is 21.8. The molecule has 0 spiro atoms. The number of nitrogens with zero attached hydrogens (tertiary/aromatic N) is 3. The van der Waals surface area contributed by atoms with E-state index in [1.165, 1.54) is 0 Å². The zero-order valence-corrected chi connectivity index (χ0v) is 28.5. The number of ether oxygens (including phenoxy) is 2. The van der Waals surface area contributed by atoms with Crippen LogP contribution in [0.5, 0.6) is 11.6 Å². The van der Waals surface area contributed by atoms with Gasteiger partial charge in [0.2, 0.25) is 5.88 Å². The highest BCUT2D eigenvalue weighted by Crippen LogP contribution is 2.44. The van der Waals surface area contributed by atoms with Crippen LogP contribution in [0.2, 0.25) is 0 Å². The highest BCUT2D eigenvalue weighted by molar-refractivity contribution is 8.00. The van der Waals surface area contributed by atoms with Crippen molar-refractivity contribution in [3.05, 3.63) is 102 Å². The topological polar surface area (TPSA) is 86.5 Å². The number of hydrogen-bond donors (Lipinski definition) is 1. The highest BCUT2D eigenvalue weighted by atomic mass is 32.2. The normalized spacial score (nSPS) is 12.7. The van der Waals surface area contributed by atoms with Gasteiger partial charge < -0.3 is 19.1 Å². The average molecular weight is 638 g/mol. The highest BCUT2D eigenvalue weighted by Gasteiger charge is 2.33. The molecule has 1 unspecified atom stereocenters. The van der Waals surface area contributed by atoms with E-state index in [2.05, 4.69) is 71.7 Å². The van der Waals surface area contributed by atoms with E-state index in [1.54, 1.807) is 31.8 Å². The first kappa shape index (κ1) is 33.1. The summed E-state index contributed by atoms with van der Waals surface area (Å²) in [6.07, 6.45) is 1.92. The Morgan fingerprint density at radius 3 is 2.39 bits per heavy atom. The third kappa shape index (κ3) is 7.73. The number of carboxylic acids is 1. The largest absolute Gasteiger partial charge is 0.484 e. The maximum Gasteiger partial charge on any atom is 0.309 e. The minimum absolute atomic E-state index is 0.107. The summed E-state index contributed by atoms with van der Waals surface area (Å²) in [5.74, 6) is 0.527. The molecule has 1 N–H and O–H groups in total. The van der Waals surface area contributed by atoms with Crippen LogP contribution in [-0.2, 0) is 17.8 Å². The SMILES string of the molecule is CCOc1cccc(-c2ccc(Cn3c(CC(C)(C)C(=O)O)c(SC(C)(C)C)c4cc(OC(C)c5ccccn5)ccc43)cc2)n1. The van der Waals surface area contributed by atoms with Gasteiger partial charge in [-0.3, -0.25) is 9.78 Å². The minimum atomic E-state index is -0.965. The molecule has 8 heteroatoms. The van der Waals surface area contributed by atoms with Crippen LogP contribution in [0.15, 0.2) is 90.0 Å². The number of aromatic nitrogens is 3. The van der Waals surface area contributed by atoms with E-state index < -0.39 is 11.4 Å². The lowest BCUT2D eigenvalue weighted by Gasteiger charge is -2.24. The molecule has 0 radical (unpaired) electrons. The van der Waals surface area contributed by atoms with Crippen molar-refractivity contribution in [3.63, 3.8) is 0 Å². The van der Waals surface area contributed by atoms with E-state index in [-0.39, 0.29) is 10.9 Å². The Morgan fingerprint density at radius 1 is 0.978 bits per heavy atom. The summed E-state index contributed by atoms with van der Waals surface area (Å²) < 4.78 is 14.2. The van der Waals surface area contributed by atoms with Gasteiger partial charge in [0.25, 0.3) is 0 Å². The molecule has 2 aromatic carbocycles. The van der Waals surface area contributed by atoms with Gasteiger partial charge in [-0.15, -0.1) is 11.8 Å². The second-order valence-electron chi connectivity index (χ2n) is 13.1. The third-order valence-corrected chi connectivity index (χ3v) is 8.98. The number of carbonyl (C=O) groups is 1. The van der Waals surface area contributed by atoms with Crippen LogP contribution < -0.4 is 9.47 Å². The summed E-state index contributed by atoms with van der Waals surface area (Å²) in [5.41, 5.74) is 4.90. The lowest BCUT2D eigenvalue weighted by atomic mass is 9.88. The minimum Gasteiger partial charge on any atom is -0.484 e. The number of carboxylic acid groups (broad SMARTS) is 1. The fraction of sp³-hybridized carbons (Fsp3) is 0.342. The Balaban J connectivity index is 1.58. The molecular weight excluding hydrogens is 595 g/mol. The molecule has 5 aromatic rings. The van der Waals surface area contributed by atoms with E-state index in [9.17, 15) is 9.90 Å². The van der Waals surface area contributed by atoms with Crippen molar-refractivity contribution in [2.75, 3.05) is 6.61 Å². The number of hydrogen-bond acceptors (Lipinski definition) is 6. The monoisotopic (exact) mass is 637 g/mol. The molecule has 0 aliphatic heterocycles. The molecule has 0 fully saturated rings. The van der Waals surface area contributed by atoms with Gasteiger partial charge in [0, 0.05) is 57.0 Å². The number of pyridine rings is 2. The smallest absolute Gasteiger partial charge is 0.309 e. The summed E-state index contributed by atoms with van der Waals surface area (Å²) in [4.78, 5) is 22.6. The van der Waals surface area contributed by atoms with Crippen LogP contribution in [-0.4, -0.2) is 37.0 Å². The maximum atomic E-state index is 12.4. The molecule has 0 saturated heterocycles. The molecule has 5 rings (SSSR count). The number of benzene rings is 2. The van der Waals surface area contributed by atoms with Crippen molar-refractivity contribution < 1.29 is 19.4 Å². The van der Waals surface area contributed by atoms with Crippen LogP contribution in [0.1, 0.15) is 71.5 Å². The summed E-state index contributed by atoms with van der Waals surface area (Å²) in [6, 6.07) is 26.2. The lowest BCUT2D eigenvalue weighted by molar-refractivity contribution is -0.146. The molecule has 7 nitrogen and oxygen atoms in total. The second-order valence-corrected chi connectivity index (χ2v) is 15.0. The molecule has 46 heavy (non-hydrogen) atoms. The van der Waals surface area contributed by atoms with Gasteiger partial charge >= 0.3 is 5.97 Å². The fourth-order valence-corrected chi connectivity index (χ4v) is 6.53. The summed E-state index contributed by atoms with van der Waals surface area (Å²) in [6.45, 7) is 15.2. The van der Waals surface area contributed by atoms with Gasteiger partial charge in [-0.1, -0.05) is 57.2 Å². The molecule has 0 saturated carbocycles.